The molecule has 1 aromatic rings. The standard InChI is InChI=1S/C19H30N2O2/c1-15-7-5-6-8-16(15)9-12-20-17-10-13-21(14-11-17)18(22)23-19(2,3)4/h5-8,17,20H,9-14H2,1-4H3. The summed E-state index contributed by atoms with van der Waals surface area (Å²) in [5.74, 6) is 0. The van der Waals surface area contributed by atoms with Gasteiger partial charge in [-0.25, -0.2) is 4.79 Å². The molecule has 0 saturated carbocycles. The second-order valence-corrected chi connectivity index (χ2v) is 7.37. The van der Waals surface area contributed by atoms with Crippen LogP contribution in [0.25, 0.3) is 0 Å². The predicted octanol–water partition coefficient (Wildman–Crippen LogP) is 3.53. The summed E-state index contributed by atoms with van der Waals surface area (Å²) in [4.78, 5) is 13.9. The third kappa shape index (κ3) is 5.87. The van der Waals surface area contributed by atoms with Crippen molar-refractivity contribution in [3.05, 3.63) is 35.4 Å². The SMILES string of the molecule is Cc1ccccc1CCNC1CCN(C(=O)OC(C)(C)C)CC1. The maximum atomic E-state index is 12.0. The third-order valence-electron chi connectivity index (χ3n) is 4.24. The average molecular weight is 318 g/mol. The first kappa shape index (κ1) is 17.8. The van der Waals surface area contributed by atoms with Gasteiger partial charge in [-0.2, -0.15) is 0 Å². The van der Waals surface area contributed by atoms with Crippen molar-refractivity contribution in [2.24, 2.45) is 0 Å². The number of aryl methyl sites for hydroxylation is 1. The molecule has 1 N–H and O–H groups in total. The van der Waals surface area contributed by atoms with Crippen molar-refractivity contribution in [1.82, 2.24) is 10.2 Å². The van der Waals surface area contributed by atoms with Crippen LogP contribution in [0.3, 0.4) is 0 Å². The molecule has 0 spiro atoms. The minimum Gasteiger partial charge on any atom is -0.444 e. The Hall–Kier alpha value is -1.55. The summed E-state index contributed by atoms with van der Waals surface area (Å²) >= 11 is 0. The molecule has 0 atom stereocenters. The smallest absolute Gasteiger partial charge is 0.410 e. The second kappa shape index (κ2) is 7.82. The van der Waals surface area contributed by atoms with E-state index >= 15 is 0 Å². The lowest BCUT2D eigenvalue weighted by Gasteiger charge is -2.33. The first-order valence-electron chi connectivity index (χ1n) is 8.61. The quantitative estimate of drug-likeness (QED) is 0.923. The van der Waals surface area contributed by atoms with Gasteiger partial charge in [0.05, 0.1) is 0 Å². The van der Waals surface area contributed by atoms with E-state index in [1.807, 2.05) is 25.7 Å². The minimum absolute atomic E-state index is 0.184. The number of benzene rings is 1. The Balaban J connectivity index is 1.69. The van der Waals surface area contributed by atoms with Crippen LogP contribution in [0.15, 0.2) is 24.3 Å². The topological polar surface area (TPSA) is 41.6 Å². The lowest BCUT2D eigenvalue weighted by molar-refractivity contribution is 0.0198. The summed E-state index contributed by atoms with van der Waals surface area (Å²) in [7, 11) is 0. The molecule has 0 aliphatic carbocycles. The molecular formula is C19H30N2O2. The van der Waals surface area contributed by atoms with Crippen molar-refractivity contribution in [3.8, 4) is 0 Å². The molecule has 0 aromatic heterocycles. The average Bonchev–Trinajstić information content (AvgIpc) is 2.48. The molecular weight excluding hydrogens is 288 g/mol. The van der Waals surface area contributed by atoms with E-state index in [1.165, 1.54) is 11.1 Å². The first-order chi connectivity index (χ1) is 10.8. The highest BCUT2D eigenvalue weighted by atomic mass is 16.6. The van der Waals surface area contributed by atoms with E-state index in [2.05, 4.69) is 36.5 Å². The molecule has 0 bridgehead atoms. The Bertz CT molecular complexity index is 514. The molecule has 1 saturated heterocycles. The number of carbonyl (C=O) groups excluding carboxylic acids is 1. The van der Waals surface area contributed by atoms with Crippen LogP contribution in [-0.2, 0) is 11.2 Å². The predicted molar refractivity (Wildman–Crippen MR) is 93.7 cm³/mol. The van der Waals surface area contributed by atoms with Gasteiger partial charge in [0.15, 0.2) is 0 Å². The Morgan fingerprint density at radius 3 is 2.52 bits per heavy atom. The van der Waals surface area contributed by atoms with Gasteiger partial charge < -0.3 is 15.0 Å². The summed E-state index contributed by atoms with van der Waals surface area (Å²) < 4.78 is 5.43. The van der Waals surface area contributed by atoms with Gasteiger partial charge >= 0.3 is 6.09 Å². The molecule has 1 fully saturated rings. The normalized spacial score (nSPS) is 16.4. The highest BCUT2D eigenvalue weighted by Gasteiger charge is 2.26. The van der Waals surface area contributed by atoms with Gasteiger partial charge in [0.1, 0.15) is 5.60 Å². The Kier molecular flexibility index (Phi) is 6.05. The van der Waals surface area contributed by atoms with Crippen LogP contribution in [0, 0.1) is 6.92 Å². The summed E-state index contributed by atoms with van der Waals surface area (Å²) in [5.41, 5.74) is 2.35. The van der Waals surface area contributed by atoms with Gasteiger partial charge in [-0.1, -0.05) is 24.3 Å². The molecule has 2 rings (SSSR count). The Labute approximate surface area is 140 Å². The summed E-state index contributed by atoms with van der Waals surface area (Å²) in [6.45, 7) is 10.4. The van der Waals surface area contributed by atoms with Crippen molar-refractivity contribution in [1.29, 1.82) is 0 Å². The molecule has 0 unspecified atom stereocenters. The molecule has 4 heteroatoms. The largest absolute Gasteiger partial charge is 0.444 e. The molecule has 128 valence electrons. The maximum absolute atomic E-state index is 12.0. The van der Waals surface area contributed by atoms with Crippen LogP contribution in [0.1, 0.15) is 44.7 Å². The summed E-state index contributed by atoms with van der Waals surface area (Å²) in [5, 5.41) is 3.63. The lowest BCUT2D eigenvalue weighted by atomic mass is 10.0. The fraction of sp³-hybridized carbons (Fsp3) is 0.632. The number of hydrogen-bond acceptors (Lipinski definition) is 3. The highest BCUT2D eigenvalue weighted by Crippen LogP contribution is 2.15. The summed E-state index contributed by atoms with van der Waals surface area (Å²) in [6.07, 6.45) is 2.86. The molecule has 23 heavy (non-hydrogen) atoms. The van der Waals surface area contributed by atoms with Crippen molar-refractivity contribution >= 4 is 6.09 Å². The molecule has 1 aromatic carbocycles. The van der Waals surface area contributed by atoms with Crippen LogP contribution < -0.4 is 5.32 Å². The zero-order valence-corrected chi connectivity index (χ0v) is 14.9. The van der Waals surface area contributed by atoms with Gasteiger partial charge in [0, 0.05) is 19.1 Å². The highest BCUT2D eigenvalue weighted by molar-refractivity contribution is 5.68. The molecule has 1 heterocycles. The van der Waals surface area contributed by atoms with Gasteiger partial charge in [0.2, 0.25) is 0 Å². The summed E-state index contributed by atoms with van der Waals surface area (Å²) in [6, 6.07) is 9.04. The first-order valence-corrected chi connectivity index (χ1v) is 8.61. The van der Waals surface area contributed by atoms with Crippen molar-refractivity contribution in [2.45, 2.75) is 58.6 Å². The molecule has 4 nitrogen and oxygen atoms in total. The van der Waals surface area contributed by atoms with Gasteiger partial charge in [-0.05, 0) is 64.6 Å². The number of amides is 1. The third-order valence-corrected chi connectivity index (χ3v) is 4.24. The fourth-order valence-corrected chi connectivity index (χ4v) is 2.89. The van der Waals surface area contributed by atoms with Gasteiger partial charge in [-0.3, -0.25) is 0 Å². The van der Waals surface area contributed by atoms with E-state index in [0.717, 1.165) is 38.9 Å². The molecule has 1 aliphatic heterocycles. The number of ether oxygens (including phenoxy) is 1. The zero-order chi connectivity index (χ0) is 16.9. The molecule has 1 amide bonds. The van der Waals surface area contributed by atoms with Crippen LogP contribution >= 0.6 is 0 Å². The van der Waals surface area contributed by atoms with E-state index in [0.29, 0.717) is 6.04 Å². The van der Waals surface area contributed by atoms with Crippen molar-refractivity contribution < 1.29 is 9.53 Å². The Morgan fingerprint density at radius 2 is 1.91 bits per heavy atom. The minimum atomic E-state index is -0.417. The lowest BCUT2D eigenvalue weighted by Crippen LogP contribution is -2.46. The van der Waals surface area contributed by atoms with Crippen molar-refractivity contribution in [2.75, 3.05) is 19.6 Å². The molecule has 1 aliphatic rings. The van der Waals surface area contributed by atoms with E-state index in [1.54, 1.807) is 0 Å². The Morgan fingerprint density at radius 1 is 1.26 bits per heavy atom. The fourth-order valence-electron chi connectivity index (χ4n) is 2.89. The number of nitrogens with zero attached hydrogens (tertiary/aromatic N) is 1. The van der Waals surface area contributed by atoms with Crippen molar-refractivity contribution in [3.63, 3.8) is 0 Å². The van der Waals surface area contributed by atoms with Crippen LogP contribution in [-0.4, -0.2) is 42.3 Å². The number of likely N-dealkylation sites (tertiary alicyclic amines) is 1. The number of nitrogens with one attached hydrogen (secondary N) is 1. The monoisotopic (exact) mass is 318 g/mol. The number of carbonyl (C=O) groups is 1. The van der Waals surface area contributed by atoms with E-state index in [9.17, 15) is 4.79 Å². The zero-order valence-electron chi connectivity index (χ0n) is 14.9. The number of hydrogen-bond donors (Lipinski definition) is 1. The molecule has 0 radical (unpaired) electrons. The van der Waals surface area contributed by atoms with E-state index < -0.39 is 5.60 Å². The number of rotatable bonds is 4. The van der Waals surface area contributed by atoms with Crippen LogP contribution in [0.4, 0.5) is 4.79 Å². The van der Waals surface area contributed by atoms with Gasteiger partial charge in [-0.15, -0.1) is 0 Å². The van der Waals surface area contributed by atoms with Gasteiger partial charge in [0.25, 0.3) is 0 Å². The van der Waals surface area contributed by atoms with E-state index in [-0.39, 0.29) is 6.09 Å². The van der Waals surface area contributed by atoms with Crippen LogP contribution in [0.5, 0.6) is 0 Å². The maximum Gasteiger partial charge on any atom is 0.410 e. The van der Waals surface area contributed by atoms with E-state index in [4.69, 9.17) is 4.74 Å². The van der Waals surface area contributed by atoms with Crippen LogP contribution in [0.2, 0.25) is 0 Å². The number of piperidine rings is 1. The second-order valence-electron chi connectivity index (χ2n) is 7.37.